The molecule has 0 saturated heterocycles. The molecule has 2 unspecified atom stereocenters. The van der Waals surface area contributed by atoms with Crippen molar-refractivity contribution in [1.82, 2.24) is 0 Å². The van der Waals surface area contributed by atoms with E-state index in [0.29, 0.717) is 30.0 Å². The van der Waals surface area contributed by atoms with E-state index in [4.69, 9.17) is 20.7 Å². The number of amides is 1. The predicted molar refractivity (Wildman–Crippen MR) is 136 cm³/mol. The minimum Gasteiger partial charge on any atom is -0.486 e. The van der Waals surface area contributed by atoms with Crippen LogP contribution in [0.15, 0.2) is 59.7 Å². The molecule has 0 fully saturated rings. The summed E-state index contributed by atoms with van der Waals surface area (Å²) >= 11 is 0. The van der Waals surface area contributed by atoms with Crippen molar-refractivity contribution in [1.29, 1.82) is 0 Å². The van der Waals surface area contributed by atoms with Gasteiger partial charge in [-0.25, -0.2) is 19.0 Å². The Bertz CT molecular complexity index is 1220. The van der Waals surface area contributed by atoms with Gasteiger partial charge >= 0.3 is 11.9 Å². The third-order valence-corrected chi connectivity index (χ3v) is 6.29. The second-order valence-electron chi connectivity index (χ2n) is 9.43. The van der Waals surface area contributed by atoms with Gasteiger partial charge in [-0.05, 0) is 75.6 Å². The normalized spacial score (nSPS) is 17.6. The third-order valence-electron chi connectivity index (χ3n) is 6.29. The van der Waals surface area contributed by atoms with E-state index in [1.54, 1.807) is 0 Å². The molecule has 2 aromatic rings. The first-order chi connectivity index (χ1) is 17.4. The maximum atomic E-state index is 13.8. The molecule has 4 rings (SSSR count). The zero-order valence-electron chi connectivity index (χ0n) is 20.8. The highest BCUT2D eigenvalue weighted by Gasteiger charge is 2.35. The van der Waals surface area contributed by atoms with E-state index in [-0.39, 0.29) is 23.7 Å². The van der Waals surface area contributed by atoms with E-state index >= 15 is 0 Å². The summed E-state index contributed by atoms with van der Waals surface area (Å²) in [7, 11) is 0. The molecule has 0 bridgehead atoms. The SMILES string of the molecule is CC(N)C(C)(C)Oc1ccc(N2N=C3c4cc(F)ccc4CCC3CC2=O)cc1.O=C(O)C=CC(=O)O. The minimum atomic E-state index is -1.26. The summed E-state index contributed by atoms with van der Waals surface area (Å²) in [6, 6.07) is 11.9. The topological polar surface area (TPSA) is 143 Å². The fraction of sp³-hybridized carbons (Fsp3) is 0.333. The van der Waals surface area contributed by atoms with Gasteiger partial charge in [-0.15, -0.1) is 0 Å². The number of carboxylic acids is 2. The van der Waals surface area contributed by atoms with Crippen molar-refractivity contribution in [2.45, 2.75) is 51.7 Å². The molecule has 4 N–H and O–H groups in total. The molecule has 9 nitrogen and oxygen atoms in total. The zero-order chi connectivity index (χ0) is 27.3. The molecule has 196 valence electrons. The van der Waals surface area contributed by atoms with E-state index < -0.39 is 17.5 Å². The highest BCUT2D eigenvalue weighted by molar-refractivity contribution is 6.11. The van der Waals surface area contributed by atoms with Crippen LogP contribution in [-0.2, 0) is 20.8 Å². The summed E-state index contributed by atoms with van der Waals surface area (Å²) < 4.78 is 19.8. The molecule has 1 amide bonds. The van der Waals surface area contributed by atoms with Crippen LogP contribution in [0.5, 0.6) is 5.75 Å². The van der Waals surface area contributed by atoms with Crippen LogP contribution in [0.3, 0.4) is 0 Å². The molecule has 2 aliphatic rings. The maximum absolute atomic E-state index is 13.8. The fourth-order valence-electron chi connectivity index (χ4n) is 3.88. The molecular formula is C27H30FN3O6. The van der Waals surface area contributed by atoms with Crippen LogP contribution in [0.1, 0.15) is 44.7 Å². The van der Waals surface area contributed by atoms with Crippen molar-refractivity contribution < 1.29 is 33.7 Å². The molecule has 0 aromatic heterocycles. The quantitative estimate of drug-likeness (QED) is 0.501. The van der Waals surface area contributed by atoms with Gasteiger partial charge in [-0.1, -0.05) is 6.07 Å². The molecule has 37 heavy (non-hydrogen) atoms. The number of fused-ring (bicyclic) bond motifs is 3. The van der Waals surface area contributed by atoms with Gasteiger partial charge < -0.3 is 20.7 Å². The number of ether oxygens (including phenoxy) is 1. The van der Waals surface area contributed by atoms with E-state index in [2.05, 4.69) is 5.10 Å². The van der Waals surface area contributed by atoms with E-state index in [0.717, 1.165) is 29.7 Å². The molecule has 2 aromatic carbocycles. The number of halogens is 1. The number of hydrogen-bond acceptors (Lipinski definition) is 6. The Morgan fingerprint density at radius 1 is 1.16 bits per heavy atom. The lowest BCUT2D eigenvalue weighted by Crippen LogP contribution is -2.45. The van der Waals surface area contributed by atoms with Crippen molar-refractivity contribution in [3.8, 4) is 5.75 Å². The number of carboxylic acid groups (broad SMARTS) is 2. The van der Waals surface area contributed by atoms with Gasteiger partial charge in [-0.2, -0.15) is 5.10 Å². The second kappa shape index (κ2) is 11.3. The Balaban J connectivity index is 0.000000414. The largest absolute Gasteiger partial charge is 0.486 e. The smallest absolute Gasteiger partial charge is 0.328 e. The molecule has 0 radical (unpaired) electrons. The number of carbonyl (C=O) groups excluding carboxylic acids is 1. The highest BCUT2D eigenvalue weighted by Crippen LogP contribution is 2.34. The van der Waals surface area contributed by atoms with Gasteiger partial charge in [-0.3, -0.25) is 4.79 Å². The van der Waals surface area contributed by atoms with E-state index in [9.17, 15) is 18.8 Å². The molecule has 1 aliphatic heterocycles. The lowest BCUT2D eigenvalue weighted by Gasteiger charge is -2.33. The van der Waals surface area contributed by atoms with Crippen LogP contribution in [0.25, 0.3) is 0 Å². The van der Waals surface area contributed by atoms with Gasteiger partial charge in [0, 0.05) is 36.1 Å². The number of aryl methyl sites for hydroxylation is 1. The lowest BCUT2D eigenvalue weighted by atomic mass is 9.79. The number of hydrogen-bond donors (Lipinski definition) is 3. The third kappa shape index (κ3) is 7.01. The number of nitrogens with two attached hydrogens (primary N) is 1. The monoisotopic (exact) mass is 511 g/mol. The van der Waals surface area contributed by atoms with Crippen LogP contribution < -0.4 is 15.5 Å². The van der Waals surface area contributed by atoms with Crippen molar-refractivity contribution in [3.63, 3.8) is 0 Å². The number of hydrazone groups is 1. The average Bonchev–Trinajstić information content (AvgIpc) is 2.83. The van der Waals surface area contributed by atoms with Crippen LogP contribution >= 0.6 is 0 Å². The second-order valence-corrected chi connectivity index (χ2v) is 9.43. The van der Waals surface area contributed by atoms with Gasteiger partial charge in [0.25, 0.3) is 0 Å². The van der Waals surface area contributed by atoms with Gasteiger partial charge in [0.15, 0.2) is 0 Å². The van der Waals surface area contributed by atoms with Crippen LogP contribution in [0.4, 0.5) is 10.1 Å². The Kier molecular flexibility index (Phi) is 8.44. The Hall–Kier alpha value is -4.05. The first kappa shape index (κ1) is 27.5. The van der Waals surface area contributed by atoms with Crippen molar-refractivity contribution >= 4 is 29.2 Å². The molecule has 0 saturated carbocycles. The molecule has 1 heterocycles. The molecule has 0 spiro atoms. The lowest BCUT2D eigenvalue weighted by molar-refractivity contribution is -0.134. The summed E-state index contributed by atoms with van der Waals surface area (Å²) in [6.07, 6.45) is 3.19. The van der Waals surface area contributed by atoms with Crippen LogP contribution in [-0.4, -0.2) is 45.4 Å². The summed E-state index contributed by atoms with van der Waals surface area (Å²) in [6.45, 7) is 5.77. The Labute approximate surface area is 214 Å². The van der Waals surface area contributed by atoms with Crippen molar-refractivity contribution in [2.75, 3.05) is 5.01 Å². The van der Waals surface area contributed by atoms with E-state index in [1.807, 2.05) is 51.1 Å². The Morgan fingerprint density at radius 2 is 1.78 bits per heavy atom. The van der Waals surface area contributed by atoms with Crippen LogP contribution in [0.2, 0.25) is 0 Å². The number of anilines is 1. The van der Waals surface area contributed by atoms with Gasteiger partial charge in [0.05, 0.1) is 11.4 Å². The number of aliphatic carboxylic acids is 2. The zero-order valence-corrected chi connectivity index (χ0v) is 20.8. The average molecular weight is 512 g/mol. The van der Waals surface area contributed by atoms with Crippen molar-refractivity contribution in [3.05, 3.63) is 71.6 Å². The number of carbonyl (C=O) groups is 3. The molecular weight excluding hydrogens is 481 g/mol. The predicted octanol–water partition coefficient (Wildman–Crippen LogP) is 3.75. The number of rotatable bonds is 6. The number of benzene rings is 2. The van der Waals surface area contributed by atoms with Crippen molar-refractivity contribution in [2.24, 2.45) is 16.8 Å². The van der Waals surface area contributed by atoms with Gasteiger partial charge in [0.1, 0.15) is 17.2 Å². The minimum absolute atomic E-state index is 0.0440. The standard InChI is InChI=1S/C23H26FN3O2.C4H4O4/c1-14(25)23(2,3)29-19-10-8-18(9-11-19)27-21(28)12-16-5-4-15-6-7-17(24)13-20(15)22(16)26-27;5-3(6)1-2-4(7)8/h6-11,13-14,16H,4-5,12,25H2,1-3H3;1-2H,(H,5,6)(H,7,8). The molecule has 1 aliphatic carbocycles. The highest BCUT2D eigenvalue weighted by atomic mass is 19.1. The number of nitrogens with zero attached hydrogens (tertiary/aromatic N) is 2. The van der Waals surface area contributed by atoms with Gasteiger partial charge in [0.2, 0.25) is 5.91 Å². The van der Waals surface area contributed by atoms with E-state index in [1.165, 1.54) is 17.1 Å². The fourth-order valence-corrected chi connectivity index (χ4v) is 3.88. The summed E-state index contributed by atoms with van der Waals surface area (Å²) in [5.74, 6) is -2.13. The van der Waals surface area contributed by atoms with Crippen LogP contribution in [0, 0.1) is 11.7 Å². The summed E-state index contributed by atoms with van der Waals surface area (Å²) in [5, 5.41) is 21.7. The first-order valence-corrected chi connectivity index (χ1v) is 11.8. The molecule has 10 heteroatoms. The Morgan fingerprint density at radius 3 is 2.35 bits per heavy atom. The molecule has 2 atom stereocenters. The summed E-state index contributed by atoms with van der Waals surface area (Å²) in [5.41, 5.74) is 8.82. The summed E-state index contributed by atoms with van der Waals surface area (Å²) in [4.78, 5) is 31.8. The first-order valence-electron chi connectivity index (χ1n) is 11.8. The maximum Gasteiger partial charge on any atom is 0.328 e.